The molecule has 1 nitrogen and oxygen atoms in total. The van der Waals surface area contributed by atoms with E-state index in [1.54, 1.807) is 0 Å². The minimum absolute atomic E-state index is 0.366. The van der Waals surface area contributed by atoms with Gasteiger partial charge in [0, 0.05) is 22.5 Å². The van der Waals surface area contributed by atoms with Gasteiger partial charge in [0.15, 0.2) is 0 Å². The van der Waals surface area contributed by atoms with Gasteiger partial charge in [0.05, 0.1) is 0 Å². The molecule has 0 aromatic heterocycles. The lowest BCUT2D eigenvalue weighted by molar-refractivity contribution is 0.595. The van der Waals surface area contributed by atoms with Crippen molar-refractivity contribution in [2.24, 2.45) is 0 Å². The van der Waals surface area contributed by atoms with Crippen molar-refractivity contribution in [2.75, 3.05) is 13.1 Å². The average molecular weight is 308 g/mol. The van der Waals surface area contributed by atoms with Crippen molar-refractivity contribution in [3.63, 3.8) is 0 Å². The van der Waals surface area contributed by atoms with Crippen LogP contribution in [-0.4, -0.2) is 13.1 Å². The summed E-state index contributed by atoms with van der Waals surface area (Å²) in [6.45, 7) is 4.00. The van der Waals surface area contributed by atoms with Gasteiger partial charge in [-0.3, -0.25) is 0 Å². The number of hydrogen-bond donors (Lipinski definition) is 1. The molecule has 0 saturated heterocycles. The lowest BCUT2D eigenvalue weighted by Crippen LogP contribution is -2.22. The van der Waals surface area contributed by atoms with Gasteiger partial charge in [0.2, 0.25) is 0 Å². The highest BCUT2D eigenvalue weighted by atomic mass is 35.5. The minimum atomic E-state index is 0.366. The molecule has 0 heterocycles. The molecule has 0 aliphatic rings. The molecule has 1 unspecified atom stereocenters. The summed E-state index contributed by atoms with van der Waals surface area (Å²) in [5.41, 5.74) is 2.47. The number of nitrogens with one attached hydrogen (secondary N) is 1. The van der Waals surface area contributed by atoms with Gasteiger partial charge in [-0.2, -0.15) is 0 Å². The maximum atomic E-state index is 6.34. The van der Waals surface area contributed by atoms with Gasteiger partial charge in [0.25, 0.3) is 0 Å². The molecule has 1 N–H and O–H groups in total. The predicted octanol–water partition coefficient (Wildman–Crippen LogP) is 4.93. The zero-order chi connectivity index (χ0) is 14.4. The Morgan fingerprint density at radius 1 is 1.00 bits per heavy atom. The monoisotopic (exact) mass is 307 g/mol. The molecule has 0 fully saturated rings. The second-order valence-corrected chi connectivity index (χ2v) is 5.70. The zero-order valence-corrected chi connectivity index (χ0v) is 13.1. The lowest BCUT2D eigenvalue weighted by Gasteiger charge is -2.19. The highest BCUT2D eigenvalue weighted by molar-refractivity contribution is 6.31. The van der Waals surface area contributed by atoms with E-state index in [0.29, 0.717) is 5.92 Å². The Morgan fingerprint density at radius 2 is 1.70 bits per heavy atom. The van der Waals surface area contributed by atoms with Gasteiger partial charge in [-0.25, -0.2) is 0 Å². The second kappa shape index (κ2) is 7.68. The molecule has 2 aromatic rings. The smallest absolute Gasteiger partial charge is 0.0441 e. The second-order valence-electron chi connectivity index (χ2n) is 4.86. The number of rotatable bonds is 6. The Morgan fingerprint density at radius 3 is 2.35 bits per heavy atom. The molecule has 106 valence electrons. The Labute approximate surface area is 130 Å². The third-order valence-electron chi connectivity index (χ3n) is 3.38. The van der Waals surface area contributed by atoms with Crippen molar-refractivity contribution in [3.05, 3.63) is 69.7 Å². The summed E-state index contributed by atoms with van der Waals surface area (Å²) in [4.78, 5) is 0. The topological polar surface area (TPSA) is 12.0 Å². The van der Waals surface area contributed by atoms with E-state index in [1.807, 2.05) is 30.3 Å². The maximum absolute atomic E-state index is 6.34. The van der Waals surface area contributed by atoms with E-state index in [9.17, 15) is 0 Å². The molecular formula is C17H19Cl2N. The third kappa shape index (κ3) is 4.24. The highest BCUT2D eigenvalue weighted by Gasteiger charge is 2.14. The quantitative estimate of drug-likeness (QED) is 0.798. The van der Waals surface area contributed by atoms with Crippen LogP contribution in [-0.2, 0) is 6.42 Å². The van der Waals surface area contributed by atoms with E-state index in [0.717, 1.165) is 29.6 Å². The average Bonchev–Trinajstić information content (AvgIpc) is 2.46. The first-order valence-corrected chi connectivity index (χ1v) is 7.66. The summed E-state index contributed by atoms with van der Waals surface area (Å²) in [7, 11) is 0. The molecule has 3 heteroatoms. The summed E-state index contributed by atoms with van der Waals surface area (Å²) < 4.78 is 0. The van der Waals surface area contributed by atoms with Crippen LogP contribution in [0.25, 0.3) is 0 Å². The van der Waals surface area contributed by atoms with Crippen LogP contribution in [0, 0.1) is 0 Å². The lowest BCUT2D eigenvalue weighted by atomic mass is 9.92. The molecule has 2 aromatic carbocycles. The Hall–Kier alpha value is -1.02. The normalized spacial score (nSPS) is 12.3. The van der Waals surface area contributed by atoms with Crippen LogP contribution in [0.2, 0.25) is 10.0 Å². The number of benzene rings is 2. The van der Waals surface area contributed by atoms with Crippen LogP contribution < -0.4 is 5.32 Å². The van der Waals surface area contributed by atoms with E-state index in [2.05, 4.69) is 30.4 Å². The molecule has 2 rings (SSSR count). The Bertz CT molecular complexity index is 537. The van der Waals surface area contributed by atoms with Crippen LogP contribution in [0.1, 0.15) is 24.0 Å². The fourth-order valence-corrected chi connectivity index (χ4v) is 2.74. The summed E-state index contributed by atoms with van der Waals surface area (Å²) in [5.74, 6) is 0.366. The molecule has 1 atom stereocenters. The molecule has 0 bridgehead atoms. The third-order valence-corrected chi connectivity index (χ3v) is 3.98. The molecule has 20 heavy (non-hydrogen) atoms. The van der Waals surface area contributed by atoms with Crippen molar-refractivity contribution in [2.45, 2.75) is 19.3 Å². The fourth-order valence-electron chi connectivity index (χ4n) is 2.32. The summed E-state index contributed by atoms with van der Waals surface area (Å²) >= 11 is 12.3. The molecule has 0 radical (unpaired) electrons. The van der Waals surface area contributed by atoms with Gasteiger partial charge in [-0.1, -0.05) is 60.5 Å². The maximum Gasteiger partial charge on any atom is 0.0441 e. The van der Waals surface area contributed by atoms with Crippen molar-refractivity contribution < 1.29 is 0 Å². The van der Waals surface area contributed by atoms with E-state index < -0.39 is 0 Å². The van der Waals surface area contributed by atoms with Gasteiger partial charge in [-0.15, -0.1) is 0 Å². The van der Waals surface area contributed by atoms with Crippen molar-refractivity contribution in [3.8, 4) is 0 Å². The standard InChI is InChI=1S/C17H19Cl2N/c1-2-20-12-14(16-5-3-4-6-17(16)19)11-13-7-9-15(18)10-8-13/h3-10,14,20H,2,11-12H2,1H3. The van der Waals surface area contributed by atoms with Crippen LogP contribution in [0.3, 0.4) is 0 Å². The first-order valence-electron chi connectivity index (χ1n) is 6.90. The number of hydrogen-bond acceptors (Lipinski definition) is 1. The van der Waals surface area contributed by atoms with Gasteiger partial charge < -0.3 is 5.32 Å². The molecule has 0 amide bonds. The highest BCUT2D eigenvalue weighted by Crippen LogP contribution is 2.27. The van der Waals surface area contributed by atoms with Crippen molar-refractivity contribution in [1.29, 1.82) is 0 Å². The van der Waals surface area contributed by atoms with Crippen LogP contribution >= 0.6 is 23.2 Å². The van der Waals surface area contributed by atoms with Crippen LogP contribution in [0.5, 0.6) is 0 Å². The molecule has 0 aliphatic carbocycles. The van der Waals surface area contributed by atoms with E-state index in [4.69, 9.17) is 23.2 Å². The predicted molar refractivity (Wildman–Crippen MR) is 87.9 cm³/mol. The summed E-state index contributed by atoms with van der Waals surface area (Å²) in [5, 5.41) is 5.03. The largest absolute Gasteiger partial charge is 0.316 e. The Kier molecular flexibility index (Phi) is 5.90. The van der Waals surface area contributed by atoms with Crippen LogP contribution in [0.4, 0.5) is 0 Å². The number of likely N-dealkylation sites (N-methyl/N-ethyl adjacent to an activating group) is 1. The number of halogens is 2. The zero-order valence-electron chi connectivity index (χ0n) is 11.6. The SMILES string of the molecule is CCNCC(Cc1ccc(Cl)cc1)c1ccccc1Cl. The molecule has 0 saturated carbocycles. The Balaban J connectivity index is 2.19. The van der Waals surface area contributed by atoms with Gasteiger partial charge in [0.1, 0.15) is 0 Å². The summed E-state index contributed by atoms with van der Waals surface area (Å²) in [6.07, 6.45) is 0.952. The first-order chi connectivity index (χ1) is 9.70. The summed E-state index contributed by atoms with van der Waals surface area (Å²) in [6, 6.07) is 16.1. The van der Waals surface area contributed by atoms with Crippen molar-refractivity contribution in [1.82, 2.24) is 5.32 Å². The van der Waals surface area contributed by atoms with E-state index in [-0.39, 0.29) is 0 Å². The van der Waals surface area contributed by atoms with Crippen LogP contribution in [0.15, 0.2) is 48.5 Å². The molecular weight excluding hydrogens is 289 g/mol. The molecule has 0 aliphatic heterocycles. The fraction of sp³-hybridized carbons (Fsp3) is 0.294. The minimum Gasteiger partial charge on any atom is -0.316 e. The van der Waals surface area contributed by atoms with Gasteiger partial charge in [-0.05, 0) is 42.3 Å². The van der Waals surface area contributed by atoms with Gasteiger partial charge >= 0.3 is 0 Å². The molecule has 0 spiro atoms. The van der Waals surface area contributed by atoms with E-state index in [1.165, 1.54) is 11.1 Å². The van der Waals surface area contributed by atoms with Crippen molar-refractivity contribution >= 4 is 23.2 Å². The first kappa shape index (κ1) is 15.4. The van der Waals surface area contributed by atoms with E-state index >= 15 is 0 Å².